The number of nitrogens with two attached hydrogens (primary N) is 1. The smallest absolute Gasteiger partial charge is 0.253 e. The number of carbonyl (C=O) groups excluding carboxylic acids is 1. The predicted octanol–water partition coefficient (Wildman–Crippen LogP) is 2.96. The van der Waals surface area contributed by atoms with Crippen molar-refractivity contribution >= 4 is 29.9 Å². The van der Waals surface area contributed by atoms with Gasteiger partial charge in [0.1, 0.15) is 0 Å². The van der Waals surface area contributed by atoms with Crippen molar-refractivity contribution in [2.24, 2.45) is 11.1 Å². The van der Waals surface area contributed by atoms with Crippen molar-refractivity contribution in [2.45, 2.75) is 26.3 Å². The number of carbonyl (C=O) groups is 1. The van der Waals surface area contributed by atoms with Crippen molar-refractivity contribution in [3.05, 3.63) is 34.9 Å². The molecule has 1 amide bonds. The highest BCUT2D eigenvalue weighted by Crippen LogP contribution is 2.28. The summed E-state index contributed by atoms with van der Waals surface area (Å²) >= 11 is 5.92. The van der Waals surface area contributed by atoms with Gasteiger partial charge in [0, 0.05) is 29.7 Å². The van der Waals surface area contributed by atoms with Gasteiger partial charge in [-0.1, -0.05) is 31.5 Å². The SMILES string of the molecule is CC1(C)CN(C(=O)c2cccc(Cl)c2)CCC1N.Cl. The van der Waals surface area contributed by atoms with Gasteiger partial charge < -0.3 is 10.6 Å². The van der Waals surface area contributed by atoms with Crippen LogP contribution in [-0.2, 0) is 0 Å². The molecule has 1 aliphatic heterocycles. The molecule has 1 atom stereocenters. The van der Waals surface area contributed by atoms with Crippen LogP contribution in [0.4, 0.5) is 0 Å². The van der Waals surface area contributed by atoms with E-state index in [0.717, 1.165) is 13.0 Å². The molecule has 0 bridgehead atoms. The van der Waals surface area contributed by atoms with Crippen LogP contribution in [0.5, 0.6) is 0 Å². The maximum atomic E-state index is 12.4. The van der Waals surface area contributed by atoms with Gasteiger partial charge in [-0.25, -0.2) is 0 Å². The molecular weight excluding hydrogens is 283 g/mol. The van der Waals surface area contributed by atoms with Crippen LogP contribution in [0.25, 0.3) is 0 Å². The van der Waals surface area contributed by atoms with Crippen molar-refractivity contribution in [3.8, 4) is 0 Å². The van der Waals surface area contributed by atoms with E-state index in [2.05, 4.69) is 13.8 Å². The molecule has 0 radical (unpaired) electrons. The van der Waals surface area contributed by atoms with E-state index in [1.54, 1.807) is 24.3 Å². The first-order valence-corrected chi connectivity index (χ1v) is 6.58. The Morgan fingerprint density at radius 3 is 2.74 bits per heavy atom. The topological polar surface area (TPSA) is 46.3 Å². The summed E-state index contributed by atoms with van der Waals surface area (Å²) in [4.78, 5) is 14.2. The van der Waals surface area contributed by atoms with Crippen molar-refractivity contribution in [1.82, 2.24) is 4.90 Å². The third kappa shape index (κ3) is 3.62. The molecule has 0 aliphatic carbocycles. The van der Waals surface area contributed by atoms with E-state index in [0.29, 0.717) is 17.1 Å². The van der Waals surface area contributed by atoms with Crippen LogP contribution in [0.15, 0.2) is 24.3 Å². The van der Waals surface area contributed by atoms with Crippen LogP contribution in [0.1, 0.15) is 30.6 Å². The van der Waals surface area contributed by atoms with Gasteiger partial charge in [-0.3, -0.25) is 4.79 Å². The number of benzene rings is 1. The molecule has 1 heterocycles. The molecule has 1 saturated heterocycles. The molecule has 1 aromatic rings. The maximum absolute atomic E-state index is 12.4. The van der Waals surface area contributed by atoms with Crippen LogP contribution >= 0.6 is 24.0 Å². The van der Waals surface area contributed by atoms with Crippen LogP contribution in [0, 0.1) is 5.41 Å². The lowest BCUT2D eigenvalue weighted by atomic mass is 9.79. The summed E-state index contributed by atoms with van der Waals surface area (Å²) in [5.74, 6) is 0.0393. The summed E-state index contributed by atoms with van der Waals surface area (Å²) in [6, 6.07) is 7.24. The summed E-state index contributed by atoms with van der Waals surface area (Å²) in [6.07, 6.45) is 0.847. The van der Waals surface area contributed by atoms with Crippen LogP contribution in [-0.4, -0.2) is 29.9 Å². The zero-order valence-electron chi connectivity index (χ0n) is 11.2. The molecule has 5 heteroatoms. The number of nitrogens with zero attached hydrogens (tertiary/aromatic N) is 1. The first kappa shape index (κ1) is 16.3. The maximum Gasteiger partial charge on any atom is 0.253 e. The lowest BCUT2D eigenvalue weighted by Gasteiger charge is -2.42. The number of halogens is 2. The van der Waals surface area contributed by atoms with Gasteiger partial charge in [0.15, 0.2) is 0 Å². The lowest BCUT2D eigenvalue weighted by molar-refractivity contribution is 0.0533. The Kier molecular flexibility index (Phi) is 5.25. The second kappa shape index (κ2) is 6.12. The number of hydrogen-bond acceptors (Lipinski definition) is 2. The summed E-state index contributed by atoms with van der Waals surface area (Å²) < 4.78 is 0. The first-order valence-electron chi connectivity index (χ1n) is 6.20. The third-order valence-electron chi connectivity index (χ3n) is 3.67. The quantitative estimate of drug-likeness (QED) is 0.867. The summed E-state index contributed by atoms with van der Waals surface area (Å²) in [5, 5.41) is 0.592. The van der Waals surface area contributed by atoms with Crippen molar-refractivity contribution in [2.75, 3.05) is 13.1 Å². The van der Waals surface area contributed by atoms with E-state index >= 15 is 0 Å². The first-order chi connectivity index (χ1) is 8.40. The van der Waals surface area contributed by atoms with Gasteiger partial charge in [-0.15, -0.1) is 12.4 Å². The predicted molar refractivity (Wildman–Crippen MR) is 81.0 cm³/mol. The minimum Gasteiger partial charge on any atom is -0.338 e. The van der Waals surface area contributed by atoms with Gasteiger partial charge in [0.2, 0.25) is 0 Å². The molecule has 1 unspecified atom stereocenters. The fourth-order valence-electron chi connectivity index (χ4n) is 2.35. The summed E-state index contributed by atoms with van der Waals surface area (Å²) in [7, 11) is 0. The number of amides is 1. The molecule has 0 aromatic heterocycles. The minimum absolute atomic E-state index is 0. The van der Waals surface area contributed by atoms with E-state index in [1.807, 2.05) is 4.90 Å². The van der Waals surface area contributed by atoms with Gasteiger partial charge in [-0.05, 0) is 30.0 Å². The fourth-order valence-corrected chi connectivity index (χ4v) is 2.54. The highest BCUT2D eigenvalue weighted by molar-refractivity contribution is 6.30. The van der Waals surface area contributed by atoms with Gasteiger partial charge in [0.25, 0.3) is 5.91 Å². The average molecular weight is 303 g/mol. The normalized spacial score (nSPS) is 21.7. The molecule has 1 aromatic carbocycles. The zero-order valence-corrected chi connectivity index (χ0v) is 12.8. The van der Waals surface area contributed by atoms with Crippen LogP contribution in [0.2, 0.25) is 5.02 Å². The molecule has 1 fully saturated rings. The number of hydrogen-bond donors (Lipinski definition) is 1. The highest BCUT2D eigenvalue weighted by Gasteiger charge is 2.35. The number of rotatable bonds is 1. The monoisotopic (exact) mass is 302 g/mol. The Bertz CT molecular complexity index is 463. The molecule has 2 N–H and O–H groups in total. The number of piperidine rings is 1. The van der Waals surface area contributed by atoms with E-state index in [4.69, 9.17) is 17.3 Å². The standard InChI is InChI=1S/C14H19ClN2O.ClH/c1-14(2)9-17(7-6-12(14)16)13(18)10-4-3-5-11(15)8-10;/h3-5,8,12H,6-7,9,16H2,1-2H3;1H. The fraction of sp³-hybridized carbons (Fsp3) is 0.500. The van der Waals surface area contributed by atoms with E-state index < -0.39 is 0 Å². The van der Waals surface area contributed by atoms with Crippen molar-refractivity contribution in [3.63, 3.8) is 0 Å². The van der Waals surface area contributed by atoms with E-state index in [-0.39, 0.29) is 29.8 Å². The average Bonchev–Trinajstić information content (AvgIpc) is 2.31. The largest absolute Gasteiger partial charge is 0.338 e. The molecule has 3 nitrogen and oxygen atoms in total. The Morgan fingerprint density at radius 2 is 2.16 bits per heavy atom. The Hall–Kier alpha value is -0.770. The summed E-state index contributed by atoms with van der Waals surface area (Å²) in [6.45, 7) is 5.62. The minimum atomic E-state index is -0.0352. The molecule has 0 spiro atoms. The third-order valence-corrected chi connectivity index (χ3v) is 3.91. The molecular formula is C14H20Cl2N2O. The lowest BCUT2D eigenvalue weighted by Crippen LogP contribution is -2.53. The summed E-state index contributed by atoms with van der Waals surface area (Å²) in [5.41, 5.74) is 6.69. The second-order valence-electron chi connectivity index (χ2n) is 5.62. The van der Waals surface area contributed by atoms with Gasteiger partial charge >= 0.3 is 0 Å². The van der Waals surface area contributed by atoms with Crippen LogP contribution in [0.3, 0.4) is 0 Å². The van der Waals surface area contributed by atoms with Crippen molar-refractivity contribution in [1.29, 1.82) is 0 Å². The van der Waals surface area contributed by atoms with Crippen LogP contribution < -0.4 is 5.73 Å². The molecule has 106 valence electrons. The molecule has 19 heavy (non-hydrogen) atoms. The Morgan fingerprint density at radius 1 is 1.47 bits per heavy atom. The number of likely N-dealkylation sites (tertiary alicyclic amines) is 1. The second-order valence-corrected chi connectivity index (χ2v) is 6.06. The molecule has 2 rings (SSSR count). The molecule has 0 saturated carbocycles. The Labute approximate surface area is 125 Å². The van der Waals surface area contributed by atoms with Gasteiger partial charge in [0.05, 0.1) is 0 Å². The Balaban J connectivity index is 0.00000180. The molecule has 1 aliphatic rings. The van der Waals surface area contributed by atoms with E-state index in [9.17, 15) is 4.79 Å². The van der Waals surface area contributed by atoms with Gasteiger partial charge in [-0.2, -0.15) is 0 Å². The van der Waals surface area contributed by atoms with E-state index in [1.165, 1.54) is 0 Å². The van der Waals surface area contributed by atoms with Crippen molar-refractivity contribution < 1.29 is 4.79 Å². The highest BCUT2D eigenvalue weighted by atomic mass is 35.5. The zero-order chi connectivity index (χ0) is 13.3.